The molecule has 0 aliphatic carbocycles. The van der Waals surface area contributed by atoms with Crippen LogP contribution >= 0.6 is 0 Å². The summed E-state index contributed by atoms with van der Waals surface area (Å²) in [5.41, 5.74) is 3.26. The van der Waals surface area contributed by atoms with E-state index in [-0.39, 0.29) is 12.2 Å². The summed E-state index contributed by atoms with van der Waals surface area (Å²) in [4.78, 5) is 12.3. The van der Waals surface area contributed by atoms with Crippen LogP contribution in [0.2, 0.25) is 0 Å². The highest BCUT2D eigenvalue weighted by atomic mass is 16.5. The van der Waals surface area contributed by atoms with Crippen molar-refractivity contribution in [3.63, 3.8) is 0 Å². The fourth-order valence-corrected chi connectivity index (χ4v) is 2.00. The molecular formula is C15H16N2O2. The van der Waals surface area contributed by atoms with Gasteiger partial charge < -0.3 is 4.74 Å². The maximum absolute atomic E-state index is 12.3. The smallest absolute Gasteiger partial charge is 0.169 e. The molecule has 0 atom stereocenters. The van der Waals surface area contributed by atoms with Crippen LogP contribution < -0.4 is 4.74 Å². The van der Waals surface area contributed by atoms with Gasteiger partial charge in [0.05, 0.1) is 19.2 Å². The van der Waals surface area contributed by atoms with Gasteiger partial charge in [-0.25, -0.2) is 0 Å². The highest BCUT2D eigenvalue weighted by Gasteiger charge is 2.13. The third kappa shape index (κ3) is 2.96. The minimum atomic E-state index is 0.0451. The van der Waals surface area contributed by atoms with Gasteiger partial charge >= 0.3 is 0 Å². The number of Topliss-reactive ketones (excluding diaryl/α,β-unsaturated/α-hetero) is 1. The monoisotopic (exact) mass is 256 g/mol. The molecule has 1 heterocycles. The molecule has 0 saturated heterocycles. The van der Waals surface area contributed by atoms with Crippen LogP contribution in [0.1, 0.15) is 27.2 Å². The molecule has 0 spiro atoms. The number of carbonyl (C=O) groups excluding carboxylic acids is 1. The number of aromatic nitrogens is 2. The molecule has 0 unspecified atom stereocenters. The maximum Gasteiger partial charge on any atom is 0.169 e. The summed E-state index contributed by atoms with van der Waals surface area (Å²) in [6, 6.07) is 7.34. The lowest BCUT2D eigenvalue weighted by Crippen LogP contribution is -2.08. The fraction of sp³-hybridized carbons (Fsp3) is 0.267. The summed E-state index contributed by atoms with van der Waals surface area (Å²) >= 11 is 0. The van der Waals surface area contributed by atoms with Gasteiger partial charge in [0.15, 0.2) is 5.78 Å². The van der Waals surface area contributed by atoms with Gasteiger partial charge in [0, 0.05) is 11.8 Å². The SMILES string of the molecule is COc1cc(C)c(C(=O)Cc2cccnn2)cc1C. The zero-order chi connectivity index (χ0) is 13.8. The molecule has 2 aromatic rings. The molecule has 0 saturated carbocycles. The van der Waals surface area contributed by atoms with Gasteiger partial charge in [-0.1, -0.05) is 0 Å². The summed E-state index contributed by atoms with van der Waals surface area (Å²) in [7, 11) is 1.63. The van der Waals surface area contributed by atoms with Crippen molar-refractivity contribution < 1.29 is 9.53 Å². The normalized spacial score (nSPS) is 10.3. The average molecular weight is 256 g/mol. The fourth-order valence-electron chi connectivity index (χ4n) is 2.00. The minimum absolute atomic E-state index is 0.0451. The third-order valence-electron chi connectivity index (χ3n) is 3.01. The number of methoxy groups -OCH3 is 1. The number of hydrogen-bond acceptors (Lipinski definition) is 4. The van der Waals surface area contributed by atoms with Crippen LogP contribution in [0.15, 0.2) is 30.5 Å². The first-order valence-electron chi connectivity index (χ1n) is 6.07. The maximum atomic E-state index is 12.3. The number of nitrogens with zero attached hydrogens (tertiary/aromatic N) is 2. The van der Waals surface area contributed by atoms with Crippen LogP contribution in [0.5, 0.6) is 5.75 Å². The number of hydrogen-bond donors (Lipinski definition) is 0. The lowest BCUT2D eigenvalue weighted by molar-refractivity contribution is 0.0991. The Morgan fingerprint density at radius 2 is 2.05 bits per heavy atom. The minimum Gasteiger partial charge on any atom is -0.496 e. The number of aryl methyl sites for hydroxylation is 2. The van der Waals surface area contributed by atoms with Gasteiger partial charge in [0.1, 0.15) is 5.75 Å². The highest BCUT2D eigenvalue weighted by Crippen LogP contribution is 2.23. The zero-order valence-corrected chi connectivity index (χ0v) is 11.3. The van der Waals surface area contributed by atoms with E-state index in [1.54, 1.807) is 25.4 Å². The molecule has 1 aromatic heterocycles. The van der Waals surface area contributed by atoms with E-state index in [0.717, 1.165) is 16.9 Å². The van der Waals surface area contributed by atoms with Crippen molar-refractivity contribution in [2.24, 2.45) is 0 Å². The predicted molar refractivity (Wildman–Crippen MR) is 72.5 cm³/mol. The Bertz CT molecular complexity index is 595. The number of rotatable bonds is 4. The second kappa shape index (κ2) is 5.61. The van der Waals surface area contributed by atoms with Gasteiger partial charge in [-0.05, 0) is 49.2 Å². The van der Waals surface area contributed by atoms with E-state index in [9.17, 15) is 4.79 Å². The molecule has 4 heteroatoms. The number of benzene rings is 1. The Morgan fingerprint density at radius 1 is 1.26 bits per heavy atom. The van der Waals surface area contributed by atoms with Crippen molar-refractivity contribution in [2.45, 2.75) is 20.3 Å². The van der Waals surface area contributed by atoms with E-state index in [1.807, 2.05) is 26.0 Å². The van der Waals surface area contributed by atoms with Crippen molar-refractivity contribution in [3.05, 3.63) is 52.8 Å². The first kappa shape index (κ1) is 13.2. The predicted octanol–water partition coefficient (Wildman–Crippen LogP) is 2.53. The van der Waals surface area contributed by atoms with Crippen molar-refractivity contribution in [1.82, 2.24) is 10.2 Å². The Balaban J connectivity index is 2.27. The van der Waals surface area contributed by atoms with Crippen molar-refractivity contribution in [3.8, 4) is 5.75 Å². The molecular weight excluding hydrogens is 240 g/mol. The van der Waals surface area contributed by atoms with Crippen LogP contribution in [0, 0.1) is 13.8 Å². The van der Waals surface area contributed by atoms with Gasteiger partial charge in [-0.15, -0.1) is 0 Å². The van der Waals surface area contributed by atoms with Crippen LogP contribution in [-0.2, 0) is 6.42 Å². The Kier molecular flexibility index (Phi) is 3.90. The van der Waals surface area contributed by atoms with Gasteiger partial charge in [0.2, 0.25) is 0 Å². The van der Waals surface area contributed by atoms with E-state index >= 15 is 0 Å². The molecule has 4 nitrogen and oxygen atoms in total. The summed E-state index contributed by atoms with van der Waals surface area (Å²) < 4.78 is 5.25. The standard InChI is InChI=1S/C15H16N2O2/c1-10-8-15(19-3)11(2)7-13(10)14(18)9-12-5-4-6-16-17-12/h4-8H,9H2,1-3H3. The number of ether oxygens (including phenoxy) is 1. The summed E-state index contributed by atoms with van der Waals surface area (Å²) in [5, 5.41) is 7.71. The molecule has 0 bridgehead atoms. The largest absolute Gasteiger partial charge is 0.496 e. The second-order valence-corrected chi connectivity index (χ2v) is 4.45. The zero-order valence-electron chi connectivity index (χ0n) is 11.3. The molecule has 0 aliphatic heterocycles. The van der Waals surface area contributed by atoms with E-state index in [1.165, 1.54) is 0 Å². The molecule has 19 heavy (non-hydrogen) atoms. The average Bonchev–Trinajstić information content (AvgIpc) is 2.42. The molecule has 0 amide bonds. The van der Waals surface area contributed by atoms with Crippen molar-refractivity contribution >= 4 is 5.78 Å². The lowest BCUT2D eigenvalue weighted by Gasteiger charge is -2.10. The molecule has 2 rings (SSSR count). The molecule has 1 aromatic carbocycles. The summed E-state index contributed by atoms with van der Waals surface area (Å²) in [5.74, 6) is 0.845. The topological polar surface area (TPSA) is 52.1 Å². The summed E-state index contributed by atoms with van der Waals surface area (Å²) in [6.45, 7) is 3.84. The Morgan fingerprint density at radius 3 is 2.68 bits per heavy atom. The van der Waals surface area contributed by atoms with Crippen LogP contribution in [0.4, 0.5) is 0 Å². The summed E-state index contributed by atoms with van der Waals surface area (Å²) in [6.07, 6.45) is 1.86. The van der Waals surface area contributed by atoms with Crippen LogP contribution in [0.25, 0.3) is 0 Å². The Labute approximate surface area is 112 Å². The molecule has 98 valence electrons. The Hall–Kier alpha value is -2.23. The quantitative estimate of drug-likeness (QED) is 0.789. The van der Waals surface area contributed by atoms with Crippen molar-refractivity contribution in [2.75, 3.05) is 7.11 Å². The van der Waals surface area contributed by atoms with Crippen LogP contribution in [-0.4, -0.2) is 23.1 Å². The van der Waals surface area contributed by atoms with Gasteiger partial charge in [-0.2, -0.15) is 10.2 Å². The molecule has 0 radical (unpaired) electrons. The lowest BCUT2D eigenvalue weighted by atomic mass is 9.98. The first-order valence-corrected chi connectivity index (χ1v) is 6.07. The van der Waals surface area contributed by atoms with E-state index in [2.05, 4.69) is 10.2 Å². The molecule has 0 N–H and O–H groups in total. The highest BCUT2D eigenvalue weighted by molar-refractivity contribution is 5.99. The van der Waals surface area contributed by atoms with E-state index in [4.69, 9.17) is 4.74 Å². The van der Waals surface area contributed by atoms with E-state index < -0.39 is 0 Å². The van der Waals surface area contributed by atoms with Gasteiger partial charge in [0.25, 0.3) is 0 Å². The van der Waals surface area contributed by atoms with Gasteiger partial charge in [-0.3, -0.25) is 4.79 Å². The first-order chi connectivity index (χ1) is 9.11. The van der Waals surface area contributed by atoms with E-state index in [0.29, 0.717) is 11.3 Å². The number of ketones is 1. The third-order valence-corrected chi connectivity index (χ3v) is 3.01. The second-order valence-electron chi connectivity index (χ2n) is 4.45. The molecule has 0 aliphatic rings. The number of carbonyl (C=O) groups is 1. The molecule has 0 fully saturated rings. The van der Waals surface area contributed by atoms with Crippen LogP contribution in [0.3, 0.4) is 0 Å². The van der Waals surface area contributed by atoms with Crippen molar-refractivity contribution in [1.29, 1.82) is 0 Å².